The smallest absolute Gasteiger partial charge is 0.407 e. The molecule has 4 rings (SSSR count). The van der Waals surface area contributed by atoms with Crippen LogP contribution in [-0.2, 0) is 13.0 Å². The fourth-order valence-electron chi connectivity index (χ4n) is 3.60. The Hall–Kier alpha value is -3.12. The van der Waals surface area contributed by atoms with Crippen LogP contribution in [0.1, 0.15) is 11.1 Å². The lowest BCUT2D eigenvalue weighted by molar-refractivity contribution is 0.103. The first-order chi connectivity index (χ1) is 14.2. The van der Waals surface area contributed by atoms with Crippen LogP contribution in [0.5, 0.6) is 5.75 Å². The first-order valence-electron chi connectivity index (χ1n) is 9.93. The number of ether oxygens (including phenoxy) is 1. The van der Waals surface area contributed by atoms with E-state index in [4.69, 9.17) is 9.84 Å². The third-order valence-corrected chi connectivity index (χ3v) is 5.31. The van der Waals surface area contributed by atoms with Gasteiger partial charge in [-0.15, -0.1) is 0 Å². The minimum Gasteiger partial charge on any atom is -0.493 e. The van der Waals surface area contributed by atoms with Gasteiger partial charge in [-0.3, -0.25) is 9.88 Å². The summed E-state index contributed by atoms with van der Waals surface area (Å²) in [5, 5.41) is 10.1. The van der Waals surface area contributed by atoms with Gasteiger partial charge in [-0.1, -0.05) is 30.3 Å². The molecule has 6 heteroatoms. The van der Waals surface area contributed by atoms with Crippen LogP contribution in [0.25, 0.3) is 10.9 Å². The number of fused-ring (bicyclic) bond motifs is 1. The quantitative estimate of drug-likeness (QED) is 0.695. The molecule has 1 N–H and O–H groups in total. The second kappa shape index (κ2) is 8.92. The number of rotatable bonds is 6. The van der Waals surface area contributed by atoms with Crippen LogP contribution in [0.3, 0.4) is 0 Å². The summed E-state index contributed by atoms with van der Waals surface area (Å²) in [5.41, 5.74) is 3.46. The molecular formula is C23H25N3O3. The number of hydrogen-bond acceptors (Lipinski definition) is 4. The van der Waals surface area contributed by atoms with E-state index in [1.54, 1.807) is 6.20 Å². The van der Waals surface area contributed by atoms with Crippen molar-refractivity contribution in [3.63, 3.8) is 0 Å². The van der Waals surface area contributed by atoms with Gasteiger partial charge in [0.05, 0.1) is 12.1 Å². The van der Waals surface area contributed by atoms with Crippen molar-refractivity contribution < 1.29 is 14.6 Å². The molecule has 2 aromatic carbocycles. The van der Waals surface area contributed by atoms with Crippen LogP contribution in [0.15, 0.2) is 60.8 Å². The summed E-state index contributed by atoms with van der Waals surface area (Å²) >= 11 is 0. The molecule has 1 fully saturated rings. The van der Waals surface area contributed by atoms with Crippen molar-refractivity contribution in [3.05, 3.63) is 71.9 Å². The zero-order valence-electron chi connectivity index (χ0n) is 16.3. The van der Waals surface area contributed by atoms with E-state index in [0.717, 1.165) is 42.7 Å². The second-order valence-electron chi connectivity index (χ2n) is 7.32. The Labute approximate surface area is 170 Å². The third-order valence-electron chi connectivity index (χ3n) is 5.31. The van der Waals surface area contributed by atoms with E-state index in [-0.39, 0.29) is 0 Å². The van der Waals surface area contributed by atoms with Crippen molar-refractivity contribution >= 4 is 17.0 Å². The van der Waals surface area contributed by atoms with Gasteiger partial charge in [0.2, 0.25) is 0 Å². The van der Waals surface area contributed by atoms with E-state index < -0.39 is 6.09 Å². The summed E-state index contributed by atoms with van der Waals surface area (Å²) in [7, 11) is 0. The predicted molar refractivity (Wildman–Crippen MR) is 112 cm³/mol. The molecule has 3 aromatic rings. The Morgan fingerprint density at radius 3 is 2.52 bits per heavy atom. The highest BCUT2D eigenvalue weighted by Gasteiger charge is 2.20. The number of benzene rings is 2. The van der Waals surface area contributed by atoms with Crippen LogP contribution in [0.2, 0.25) is 0 Å². The van der Waals surface area contributed by atoms with Gasteiger partial charge in [0.25, 0.3) is 0 Å². The molecule has 1 aliphatic heterocycles. The van der Waals surface area contributed by atoms with Gasteiger partial charge in [0.15, 0.2) is 0 Å². The molecule has 0 saturated carbocycles. The van der Waals surface area contributed by atoms with Gasteiger partial charge in [-0.05, 0) is 35.4 Å². The minimum atomic E-state index is -0.823. The molecule has 0 spiro atoms. The monoisotopic (exact) mass is 391 g/mol. The summed E-state index contributed by atoms with van der Waals surface area (Å²) in [6, 6.07) is 18.5. The largest absolute Gasteiger partial charge is 0.493 e. The maximum atomic E-state index is 11.0. The number of nitrogens with zero attached hydrogens (tertiary/aromatic N) is 3. The molecule has 0 radical (unpaired) electrons. The summed E-state index contributed by atoms with van der Waals surface area (Å²) in [6.45, 7) is 4.20. The fraction of sp³-hybridized carbons (Fsp3) is 0.304. The third kappa shape index (κ3) is 5.03. The second-order valence-corrected chi connectivity index (χ2v) is 7.32. The molecule has 0 bridgehead atoms. The highest BCUT2D eigenvalue weighted by Crippen LogP contribution is 2.19. The molecular weight excluding hydrogens is 366 g/mol. The van der Waals surface area contributed by atoms with Gasteiger partial charge in [-0.25, -0.2) is 4.79 Å². The standard InChI is InChI=1S/C23H25N3O3/c27-23(28)26-13-11-25(12-14-26)17-19-5-3-18(4-6-19)9-15-29-21-7-8-22-20(16-21)2-1-10-24-22/h1-8,10,16H,9,11-15,17H2,(H,27,28). The van der Waals surface area contributed by atoms with Crippen LogP contribution < -0.4 is 4.74 Å². The number of pyridine rings is 1. The molecule has 29 heavy (non-hydrogen) atoms. The van der Waals surface area contributed by atoms with Crippen molar-refractivity contribution in [3.8, 4) is 5.75 Å². The Bertz CT molecular complexity index is 967. The molecule has 1 saturated heterocycles. The van der Waals surface area contributed by atoms with Crippen LogP contribution >= 0.6 is 0 Å². The molecule has 2 heterocycles. The lowest BCUT2D eigenvalue weighted by atomic mass is 10.1. The Kier molecular flexibility index (Phi) is 5.91. The van der Waals surface area contributed by atoms with Crippen LogP contribution in [0, 0.1) is 0 Å². The van der Waals surface area contributed by atoms with Gasteiger partial charge < -0.3 is 14.7 Å². The average Bonchev–Trinajstić information content (AvgIpc) is 2.75. The number of piperazine rings is 1. The lowest BCUT2D eigenvalue weighted by Gasteiger charge is -2.33. The summed E-state index contributed by atoms with van der Waals surface area (Å²) < 4.78 is 5.91. The van der Waals surface area contributed by atoms with Crippen LogP contribution in [0.4, 0.5) is 4.79 Å². The molecule has 150 valence electrons. The van der Waals surface area contributed by atoms with Crippen molar-refractivity contribution in [2.24, 2.45) is 0 Å². The molecule has 1 aliphatic rings. The van der Waals surface area contributed by atoms with Gasteiger partial charge in [0.1, 0.15) is 5.75 Å². The summed E-state index contributed by atoms with van der Waals surface area (Å²) in [4.78, 5) is 19.1. The zero-order valence-corrected chi connectivity index (χ0v) is 16.3. The first kappa shape index (κ1) is 19.2. The van der Waals surface area contributed by atoms with E-state index in [1.807, 2.05) is 30.3 Å². The fourth-order valence-corrected chi connectivity index (χ4v) is 3.60. The van der Waals surface area contributed by atoms with E-state index in [9.17, 15) is 4.79 Å². The van der Waals surface area contributed by atoms with Gasteiger partial charge >= 0.3 is 6.09 Å². The van der Waals surface area contributed by atoms with Crippen LogP contribution in [-0.4, -0.2) is 58.8 Å². The maximum Gasteiger partial charge on any atom is 0.407 e. The van der Waals surface area contributed by atoms with E-state index in [2.05, 4.69) is 34.1 Å². The number of carboxylic acid groups (broad SMARTS) is 1. The zero-order chi connectivity index (χ0) is 20.1. The summed E-state index contributed by atoms with van der Waals surface area (Å²) in [5.74, 6) is 0.864. The number of amides is 1. The maximum absolute atomic E-state index is 11.0. The first-order valence-corrected chi connectivity index (χ1v) is 9.93. The van der Waals surface area contributed by atoms with E-state index in [0.29, 0.717) is 19.7 Å². The van der Waals surface area contributed by atoms with Crippen molar-refractivity contribution in [1.29, 1.82) is 0 Å². The molecule has 0 atom stereocenters. The van der Waals surface area contributed by atoms with E-state index in [1.165, 1.54) is 16.0 Å². The number of aromatic nitrogens is 1. The normalized spacial score (nSPS) is 14.8. The average molecular weight is 391 g/mol. The molecule has 0 aliphatic carbocycles. The van der Waals surface area contributed by atoms with Gasteiger partial charge in [0, 0.05) is 50.7 Å². The van der Waals surface area contributed by atoms with Crippen molar-refractivity contribution in [1.82, 2.24) is 14.8 Å². The Balaban J connectivity index is 1.24. The number of carbonyl (C=O) groups is 1. The number of hydrogen-bond donors (Lipinski definition) is 1. The predicted octanol–water partition coefficient (Wildman–Crippen LogP) is 3.65. The molecule has 1 amide bonds. The summed E-state index contributed by atoms with van der Waals surface area (Å²) in [6.07, 6.45) is 1.82. The molecule has 1 aromatic heterocycles. The van der Waals surface area contributed by atoms with Gasteiger partial charge in [-0.2, -0.15) is 0 Å². The molecule has 6 nitrogen and oxygen atoms in total. The topological polar surface area (TPSA) is 65.9 Å². The van der Waals surface area contributed by atoms with Crippen molar-refractivity contribution in [2.75, 3.05) is 32.8 Å². The SMILES string of the molecule is O=C(O)N1CCN(Cc2ccc(CCOc3ccc4ncccc4c3)cc2)CC1. The van der Waals surface area contributed by atoms with E-state index >= 15 is 0 Å². The van der Waals surface area contributed by atoms with Crippen molar-refractivity contribution in [2.45, 2.75) is 13.0 Å². The lowest BCUT2D eigenvalue weighted by Crippen LogP contribution is -2.47. The Morgan fingerprint density at radius 2 is 1.76 bits per heavy atom. The highest BCUT2D eigenvalue weighted by molar-refractivity contribution is 5.79. The minimum absolute atomic E-state index is 0.579. The Morgan fingerprint density at radius 1 is 1.00 bits per heavy atom. The highest BCUT2D eigenvalue weighted by atomic mass is 16.5. The molecule has 0 unspecified atom stereocenters.